The Labute approximate surface area is 148 Å². The normalized spacial score (nSPS) is 16.0. The number of anilines is 2. The fraction of sp³-hybridized carbons (Fsp3) is 0.333. The Balaban J connectivity index is 1.95. The third-order valence-electron chi connectivity index (χ3n) is 4.51. The summed E-state index contributed by atoms with van der Waals surface area (Å²) in [7, 11) is 0.0825. The van der Waals surface area contributed by atoms with Crippen molar-refractivity contribution in [2.24, 2.45) is 0 Å². The lowest BCUT2D eigenvalue weighted by Gasteiger charge is -2.34. The van der Waals surface area contributed by atoms with Gasteiger partial charge >= 0.3 is 0 Å². The zero-order valence-electron chi connectivity index (χ0n) is 14.4. The van der Waals surface area contributed by atoms with Gasteiger partial charge in [0.05, 0.1) is 15.5 Å². The molecule has 1 aliphatic rings. The van der Waals surface area contributed by atoms with Crippen LogP contribution in [0, 0.1) is 5.82 Å². The first kappa shape index (κ1) is 17.7. The minimum absolute atomic E-state index is 0.0812. The fourth-order valence-electron chi connectivity index (χ4n) is 2.95. The van der Waals surface area contributed by atoms with Gasteiger partial charge in [-0.25, -0.2) is 12.8 Å². The van der Waals surface area contributed by atoms with Crippen molar-refractivity contribution in [1.82, 2.24) is 4.90 Å². The number of halogens is 1. The zero-order chi connectivity index (χ0) is 18.0. The third-order valence-corrected chi connectivity index (χ3v) is 6.34. The second-order valence-electron chi connectivity index (χ2n) is 6.18. The first-order chi connectivity index (χ1) is 11.9. The van der Waals surface area contributed by atoms with E-state index in [1.54, 1.807) is 13.1 Å². The molecule has 0 atom stereocenters. The van der Waals surface area contributed by atoms with Crippen LogP contribution in [0.4, 0.5) is 15.8 Å². The molecular formula is C18H22FN3O2S. The predicted octanol–water partition coefficient (Wildman–Crippen LogP) is 2.45. The first-order valence-electron chi connectivity index (χ1n) is 8.18. The van der Waals surface area contributed by atoms with Crippen LogP contribution < -0.4 is 10.2 Å². The highest BCUT2D eigenvalue weighted by atomic mass is 32.2. The molecule has 1 saturated heterocycles. The van der Waals surface area contributed by atoms with Crippen LogP contribution in [0.1, 0.15) is 0 Å². The predicted molar refractivity (Wildman–Crippen MR) is 97.6 cm³/mol. The van der Waals surface area contributed by atoms with Gasteiger partial charge in [0.2, 0.25) is 9.84 Å². The van der Waals surface area contributed by atoms with E-state index in [1.165, 1.54) is 12.1 Å². The number of nitrogens with zero attached hydrogens (tertiary/aromatic N) is 2. The van der Waals surface area contributed by atoms with E-state index in [1.807, 2.05) is 12.1 Å². The van der Waals surface area contributed by atoms with Crippen molar-refractivity contribution in [1.29, 1.82) is 0 Å². The van der Waals surface area contributed by atoms with Crippen molar-refractivity contribution < 1.29 is 12.8 Å². The van der Waals surface area contributed by atoms with Crippen LogP contribution in [0.5, 0.6) is 0 Å². The molecule has 0 unspecified atom stereocenters. The van der Waals surface area contributed by atoms with E-state index in [0.29, 0.717) is 5.69 Å². The molecule has 7 heteroatoms. The molecule has 0 aromatic heterocycles. The molecule has 5 nitrogen and oxygen atoms in total. The molecule has 1 aliphatic heterocycles. The SMILES string of the molecule is CNc1cc(N2CCN(C)CC2)ccc1S(=O)(=O)c1ccc(F)cc1. The number of piperazine rings is 1. The Morgan fingerprint density at radius 1 is 1.00 bits per heavy atom. The fourth-order valence-corrected chi connectivity index (χ4v) is 4.40. The molecule has 0 amide bonds. The van der Waals surface area contributed by atoms with Crippen LogP contribution in [0.2, 0.25) is 0 Å². The number of nitrogens with one attached hydrogen (secondary N) is 1. The molecule has 3 rings (SSSR count). The summed E-state index contributed by atoms with van der Waals surface area (Å²) in [5.41, 5.74) is 1.54. The number of benzene rings is 2. The number of hydrogen-bond donors (Lipinski definition) is 1. The second kappa shape index (κ2) is 7.01. The maximum atomic E-state index is 13.1. The van der Waals surface area contributed by atoms with Crippen LogP contribution >= 0.6 is 0 Å². The van der Waals surface area contributed by atoms with Gasteiger partial charge in [-0.2, -0.15) is 0 Å². The summed E-state index contributed by atoms with van der Waals surface area (Å²) in [4.78, 5) is 4.79. The van der Waals surface area contributed by atoms with E-state index < -0.39 is 15.7 Å². The smallest absolute Gasteiger partial charge is 0.208 e. The van der Waals surface area contributed by atoms with E-state index in [4.69, 9.17) is 0 Å². The maximum absolute atomic E-state index is 13.1. The number of likely N-dealkylation sites (N-methyl/N-ethyl adjacent to an activating group) is 1. The van der Waals surface area contributed by atoms with E-state index in [0.717, 1.165) is 44.0 Å². The van der Waals surface area contributed by atoms with Gasteiger partial charge in [0.1, 0.15) is 5.82 Å². The van der Waals surface area contributed by atoms with Gasteiger partial charge in [0, 0.05) is 38.9 Å². The van der Waals surface area contributed by atoms with Gasteiger partial charge < -0.3 is 15.1 Å². The minimum atomic E-state index is -3.71. The summed E-state index contributed by atoms with van der Waals surface area (Å²) < 4.78 is 38.8. The van der Waals surface area contributed by atoms with Crippen molar-refractivity contribution >= 4 is 21.2 Å². The number of hydrogen-bond acceptors (Lipinski definition) is 5. The Hall–Kier alpha value is -2.12. The zero-order valence-corrected chi connectivity index (χ0v) is 15.2. The lowest BCUT2D eigenvalue weighted by Crippen LogP contribution is -2.44. The van der Waals surface area contributed by atoms with Crippen molar-refractivity contribution in [3.8, 4) is 0 Å². The largest absolute Gasteiger partial charge is 0.387 e. The van der Waals surface area contributed by atoms with Crippen LogP contribution in [0.3, 0.4) is 0 Å². The van der Waals surface area contributed by atoms with Crippen LogP contribution in [0.25, 0.3) is 0 Å². The number of sulfone groups is 1. The van der Waals surface area contributed by atoms with Crippen LogP contribution in [0.15, 0.2) is 52.3 Å². The van der Waals surface area contributed by atoms with Gasteiger partial charge in [0.25, 0.3) is 0 Å². The van der Waals surface area contributed by atoms with Gasteiger partial charge in [-0.05, 0) is 49.5 Å². The monoisotopic (exact) mass is 363 g/mol. The molecule has 0 aliphatic carbocycles. The molecule has 0 spiro atoms. The third kappa shape index (κ3) is 3.62. The topological polar surface area (TPSA) is 52.6 Å². The van der Waals surface area contributed by atoms with Crippen molar-refractivity contribution in [3.63, 3.8) is 0 Å². The molecule has 0 bridgehead atoms. The van der Waals surface area contributed by atoms with Gasteiger partial charge in [-0.3, -0.25) is 0 Å². The molecule has 2 aromatic rings. The molecule has 1 fully saturated rings. The van der Waals surface area contributed by atoms with E-state index in [2.05, 4.69) is 22.2 Å². The minimum Gasteiger partial charge on any atom is -0.387 e. The number of rotatable bonds is 4. The van der Waals surface area contributed by atoms with Gasteiger partial charge in [0.15, 0.2) is 0 Å². The molecule has 0 saturated carbocycles. The summed E-state index contributed by atoms with van der Waals surface area (Å²) >= 11 is 0. The Kier molecular flexibility index (Phi) is 4.96. The summed E-state index contributed by atoms with van der Waals surface area (Å²) in [5.74, 6) is -0.460. The summed E-state index contributed by atoms with van der Waals surface area (Å²) in [6.45, 7) is 3.77. The van der Waals surface area contributed by atoms with Crippen LogP contribution in [-0.2, 0) is 9.84 Å². The van der Waals surface area contributed by atoms with Gasteiger partial charge in [-0.15, -0.1) is 0 Å². The van der Waals surface area contributed by atoms with Gasteiger partial charge in [-0.1, -0.05) is 0 Å². The molecule has 134 valence electrons. The molecular weight excluding hydrogens is 341 g/mol. The quantitative estimate of drug-likeness (QED) is 0.846. The highest BCUT2D eigenvalue weighted by Crippen LogP contribution is 2.31. The van der Waals surface area contributed by atoms with E-state index in [9.17, 15) is 12.8 Å². The van der Waals surface area contributed by atoms with Crippen molar-refractivity contribution in [3.05, 3.63) is 48.3 Å². The summed E-state index contributed by atoms with van der Waals surface area (Å²) in [5, 5.41) is 2.98. The maximum Gasteiger partial charge on any atom is 0.208 e. The Bertz CT molecular complexity index is 845. The van der Waals surface area contributed by atoms with E-state index >= 15 is 0 Å². The molecule has 2 aromatic carbocycles. The molecule has 25 heavy (non-hydrogen) atoms. The lowest BCUT2D eigenvalue weighted by atomic mass is 10.2. The molecule has 1 N–H and O–H groups in total. The Morgan fingerprint density at radius 3 is 2.24 bits per heavy atom. The summed E-state index contributed by atoms with van der Waals surface area (Å²) in [6.07, 6.45) is 0. The standard InChI is InChI=1S/C18H22FN3O2S/c1-20-17-13-15(22-11-9-21(2)10-12-22)5-8-18(17)25(23,24)16-6-3-14(19)4-7-16/h3-8,13,20H,9-12H2,1-2H3. The average molecular weight is 363 g/mol. The van der Waals surface area contributed by atoms with Crippen molar-refractivity contribution in [2.45, 2.75) is 9.79 Å². The first-order valence-corrected chi connectivity index (χ1v) is 9.66. The second-order valence-corrected chi connectivity index (χ2v) is 8.10. The molecule has 1 heterocycles. The highest BCUT2D eigenvalue weighted by Gasteiger charge is 2.23. The average Bonchev–Trinajstić information content (AvgIpc) is 2.62. The Morgan fingerprint density at radius 2 is 1.64 bits per heavy atom. The lowest BCUT2D eigenvalue weighted by molar-refractivity contribution is 0.313. The van der Waals surface area contributed by atoms with Crippen molar-refractivity contribution in [2.75, 3.05) is 50.5 Å². The van der Waals surface area contributed by atoms with Crippen LogP contribution in [-0.4, -0.2) is 53.6 Å². The highest BCUT2D eigenvalue weighted by molar-refractivity contribution is 7.91. The molecule has 0 radical (unpaired) electrons. The van der Waals surface area contributed by atoms with E-state index in [-0.39, 0.29) is 9.79 Å². The summed E-state index contributed by atoms with van der Waals surface area (Å²) in [6, 6.07) is 10.2.